The molecule has 2 N–H and O–H groups in total. The van der Waals surface area contributed by atoms with Gasteiger partial charge in [0.2, 0.25) is 5.91 Å². The normalized spacial score (nSPS) is 17.3. The summed E-state index contributed by atoms with van der Waals surface area (Å²) in [5.74, 6) is -0.0584. The Morgan fingerprint density at radius 1 is 1.08 bits per heavy atom. The van der Waals surface area contributed by atoms with Crippen LogP contribution in [0.3, 0.4) is 0 Å². The first kappa shape index (κ1) is 34.6. The molecule has 3 heterocycles. The summed E-state index contributed by atoms with van der Waals surface area (Å²) in [6.45, 7) is 7.08. The first-order valence-electron chi connectivity index (χ1n) is 15.7. The van der Waals surface area contributed by atoms with Crippen molar-refractivity contribution in [3.05, 3.63) is 58.6 Å². The van der Waals surface area contributed by atoms with Crippen LogP contribution >= 0.6 is 0 Å². The van der Waals surface area contributed by atoms with Gasteiger partial charge in [-0.1, -0.05) is 6.07 Å². The maximum atomic E-state index is 13.6. The Labute approximate surface area is 278 Å². The molecule has 2 amide bonds. The molecular formula is C32H39FN8O6S. The number of rotatable bonds is 9. The molecule has 0 spiro atoms. The molecule has 2 aromatic carbocycles. The lowest BCUT2D eigenvalue weighted by Gasteiger charge is -2.35. The lowest BCUT2D eigenvalue weighted by Crippen LogP contribution is -2.51. The Bertz CT molecular complexity index is 1900. The molecule has 2 saturated heterocycles. The topological polar surface area (TPSA) is 170 Å². The number of halogens is 1. The van der Waals surface area contributed by atoms with E-state index < -0.39 is 28.1 Å². The van der Waals surface area contributed by atoms with Crippen LogP contribution in [-0.2, 0) is 26.3 Å². The summed E-state index contributed by atoms with van der Waals surface area (Å²) in [7, 11) is -4.07. The minimum Gasteiger partial charge on any atom is -0.444 e. The highest BCUT2D eigenvalue weighted by atomic mass is 32.2. The van der Waals surface area contributed by atoms with Crippen LogP contribution in [0, 0.1) is 11.3 Å². The maximum absolute atomic E-state index is 13.6. The number of piperazine rings is 1. The average Bonchev–Trinajstić information content (AvgIpc) is 3.49. The fourth-order valence-corrected chi connectivity index (χ4v) is 6.83. The Morgan fingerprint density at radius 2 is 1.79 bits per heavy atom. The van der Waals surface area contributed by atoms with Gasteiger partial charge in [-0.05, 0) is 63.9 Å². The number of aromatic nitrogens is 2. The van der Waals surface area contributed by atoms with E-state index in [4.69, 9.17) is 4.74 Å². The van der Waals surface area contributed by atoms with Gasteiger partial charge in [-0.15, -0.1) is 0 Å². The molecule has 14 nitrogen and oxygen atoms in total. The third-order valence-corrected chi connectivity index (χ3v) is 9.51. The summed E-state index contributed by atoms with van der Waals surface area (Å²) in [6, 6.07) is 11.6. The lowest BCUT2D eigenvalue weighted by molar-refractivity contribution is -0.133. The molecule has 0 bridgehead atoms. The van der Waals surface area contributed by atoms with Crippen molar-refractivity contribution in [2.24, 2.45) is 0 Å². The zero-order valence-electron chi connectivity index (χ0n) is 27.1. The number of anilines is 3. The molecule has 48 heavy (non-hydrogen) atoms. The van der Waals surface area contributed by atoms with Crippen molar-refractivity contribution in [1.29, 1.82) is 5.26 Å². The number of hydrogen-bond donors (Lipinski definition) is 2. The average molecular weight is 683 g/mol. The molecule has 3 aromatic rings. The third-order valence-electron chi connectivity index (χ3n) is 8.03. The minimum absolute atomic E-state index is 0.0247. The lowest BCUT2D eigenvalue weighted by atomic mass is 10.1. The number of alkyl halides is 1. The number of nitrogens with zero attached hydrogens (tertiary/aromatic N) is 6. The number of carbonyl (C=O) groups excluding carboxylic acids is 2. The molecule has 0 unspecified atom stereocenters. The highest BCUT2D eigenvalue weighted by Gasteiger charge is 2.32. The van der Waals surface area contributed by atoms with E-state index in [0.717, 1.165) is 4.31 Å². The summed E-state index contributed by atoms with van der Waals surface area (Å²) in [5, 5.41) is 13.3. The van der Waals surface area contributed by atoms with Crippen LogP contribution in [-0.4, -0.2) is 95.1 Å². The quantitative estimate of drug-likeness (QED) is 0.343. The number of nitrogens with one attached hydrogen (secondary N) is 2. The third kappa shape index (κ3) is 8.20. The number of hydrogen-bond acceptors (Lipinski definition) is 9. The second-order valence-electron chi connectivity index (χ2n) is 12.7. The second-order valence-corrected chi connectivity index (χ2v) is 14.4. The van der Waals surface area contributed by atoms with Gasteiger partial charge < -0.3 is 19.9 Å². The molecule has 1 aromatic heterocycles. The first-order valence-corrected chi connectivity index (χ1v) is 17.1. The van der Waals surface area contributed by atoms with Crippen molar-refractivity contribution < 1.29 is 27.1 Å². The highest BCUT2D eigenvalue weighted by Crippen LogP contribution is 2.29. The number of nitriles is 1. The summed E-state index contributed by atoms with van der Waals surface area (Å²) >= 11 is 0. The van der Waals surface area contributed by atoms with Gasteiger partial charge >= 0.3 is 16.3 Å². The fourth-order valence-electron chi connectivity index (χ4n) is 5.55. The molecule has 2 aliphatic rings. The van der Waals surface area contributed by atoms with Crippen molar-refractivity contribution in [1.82, 2.24) is 23.7 Å². The molecule has 0 saturated carbocycles. The Kier molecular flexibility index (Phi) is 10.2. The van der Waals surface area contributed by atoms with E-state index in [-0.39, 0.29) is 55.2 Å². The summed E-state index contributed by atoms with van der Waals surface area (Å²) in [5.41, 5.74) is 0.394. The largest absolute Gasteiger partial charge is 0.444 e. The van der Waals surface area contributed by atoms with Crippen molar-refractivity contribution in [3.63, 3.8) is 0 Å². The molecule has 0 radical (unpaired) electrons. The van der Waals surface area contributed by atoms with E-state index in [0.29, 0.717) is 54.9 Å². The summed E-state index contributed by atoms with van der Waals surface area (Å²) in [4.78, 5) is 46.2. The molecule has 1 atom stereocenters. The number of amides is 2. The van der Waals surface area contributed by atoms with Gasteiger partial charge in [0.05, 0.1) is 34.2 Å². The van der Waals surface area contributed by atoms with Crippen molar-refractivity contribution in [3.8, 4) is 6.07 Å². The Morgan fingerprint density at radius 3 is 2.46 bits per heavy atom. The predicted octanol–water partition coefficient (Wildman–Crippen LogP) is 3.57. The number of benzene rings is 2. The van der Waals surface area contributed by atoms with Crippen LogP contribution in [0.4, 0.5) is 26.2 Å². The second kappa shape index (κ2) is 14.2. The molecule has 5 rings (SSSR count). The van der Waals surface area contributed by atoms with Gasteiger partial charge in [0.25, 0.3) is 5.56 Å². The van der Waals surface area contributed by atoms with Crippen LogP contribution in [0.15, 0.2) is 47.5 Å². The predicted molar refractivity (Wildman–Crippen MR) is 178 cm³/mol. The van der Waals surface area contributed by atoms with Crippen LogP contribution in [0.5, 0.6) is 0 Å². The SMILES string of the molecule is CC(C)(C)OC(=O)N1CCN(C(=O)CCCn2cnc3ccc(Nc4cccc(NS(=O)(=O)N5CC[C@@H](F)C5)c4C#N)cc3c2=O)CC1. The van der Waals surface area contributed by atoms with Crippen LogP contribution < -0.4 is 15.6 Å². The zero-order chi connectivity index (χ0) is 34.6. The van der Waals surface area contributed by atoms with Gasteiger partial charge in [-0.2, -0.15) is 18.0 Å². The van der Waals surface area contributed by atoms with Crippen LogP contribution in [0.2, 0.25) is 0 Å². The van der Waals surface area contributed by atoms with E-state index >= 15 is 0 Å². The molecular weight excluding hydrogens is 643 g/mol. The van der Waals surface area contributed by atoms with E-state index in [1.165, 1.54) is 17.0 Å². The summed E-state index contributed by atoms with van der Waals surface area (Å²) in [6.07, 6.45) is 0.556. The molecule has 0 aliphatic carbocycles. The van der Waals surface area contributed by atoms with E-state index in [2.05, 4.69) is 15.0 Å². The number of fused-ring (bicyclic) bond motifs is 1. The van der Waals surface area contributed by atoms with E-state index in [1.807, 2.05) is 6.07 Å². The number of aryl methyl sites for hydroxylation is 1. The zero-order valence-corrected chi connectivity index (χ0v) is 27.9. The Hall–Kier alpha value is -4.75. The van der Waals surface area contributed by atoms with Crippen molar-refractivity contribution in [2.45, 2.75) is 58.4 Å². The maximum Gasteiger partial charge on any atom is 0.410 e. The van der Waals surface area contributed by atoms with Gasteiger partial charge in [0.1, 0.15) is 17.8 Å². The van der Waals surface area contributed by atoms with Gasteiger partial charge in [-0.25, -0.2) is 14.2 Å². The highest BCUT2D eigenvalue weighted by molar-refractivity contribution is 7.90. The van der Waals surface area contributed by atoms with Crippen molar-refractivity contribution in [2.75, 3.05) is 49.3 Å². The fraction of sp³-hybridized carbons (Fsp3) is 0.469. The number of carbonyl (C=O) groups is 2. The Balaban J connectivity index is 1.21. The van der Waals surface area contributed by atoms with Crippen LogP contribution in [0.1, 0.15) is 45.6 Å². The molecule has 2 aliphatic heterocycles. The summed E-state index contributed by atoms with van der Waals surface area (Å²) < 4.78 is 49.5. The monoisotopic (exact) mass is 682 g/mol. The standard InChI is InChI=1S/C32H39FN8O6S/c1-32(2,3)47-31(44)39-16-14-38(15-17-39)29(42)8-5-12-40-21-35-26-10-9-23(18-24(26)30(40)43)36-27-6-4-7-28(25(27)19-34)37-48(45,46)41-13-11-22(33)20-41/h4,6-7,9-10,18,21-22,36-37H,5,8,11-17,20H2,1-3H3/t22-/m1/s1. The van der Waals surface area contributed by atoms with E-state index in [1.54, 1.807) is 60.9 Å². The number of ether oxygens (including phenoxy) is 1. The smallest absolute Gasteiger partial charge is 0.410 e. The molecule has 16 heteroatoms. The first-order chi connectivity index (χ1) is 22.7. The van der Waals surface area contributed by atoms with Crippen LogP contribution in [0.25, 0.3) is 10.9 Å². The van der Waals surface area contributed by atoms with Crippen molar-refractivity contribution >= 4 is 50.2 Å². The van der Waals surface area contributed by atoms with E-state index in [9.17, 15) is 32.5 Å². The van der Waals surface area contributed by atoms with Gasteiger partial charge in [0, 0.05) is 57.9 Å². The molecule has 256 valence electrons. The van der Waals surface area contributed by atoms with Gasteiger partial charge in [0.15, 0.2) is 0 Å². The van der Waals surface area contributed by atoms with Gasteiger partial charge in [-0.3, -0.25) is 18.9 Å². The molecule has 2 fully saturated rings. The minimum atomic E-state index is -4.07.